The minimum Gasteiger partial charge on any atom is -0.493 e. The van der Waals surface area contributed by atoms with E-state index in [9.17, 15) is 9.18 Å². The van der Waals surface area contributed by atoms with Gasteiger partial charge in [0, 0.05) is 36.5 Å². The van der Waals surface area contributed by atoms with Crippen LogP contribution in [0.4, 0.5) is 10.1 Å². The fourth-order valence-electron chi connectivity index (χ4n) is 4.01. The molecule has 1 aromatic heterocycles. The smallest absolute Gasteiger partial charge is 0.233 e. The van der Waals surface area contributed by atoms with E-state index in [4.69, 9.17) is 19.9 Å². The molecule has 2 aromatic carbocycles. The third kappa shape index (κ3) is 5.48. The predicted molar refractivity (Wildman–Crippen MR) is 128 cm³/mol. The van der Waals surface area contributed by atoms with Crippen LogP contribution in [0.25, 0.3) is 10.9 Å². The van der Waals surface area contributed by atoms with Crippen molar-refractivity contribution in [3.63, 3.8) is 0 Å². The Hall–Kier alpha value is -3.59. The molecule has 1 fully saturated rings. The van der Waals surface area contributed by atoms with E-state index in [0.717, 1.165) is 25.9 Å². The third-order valence-corrected chi connectivity index (χ3v) is 5.99. The highest BCUT2D eigenvalue weighted by atomic mass is 19.1. The van der Waals surface area contributed by atoms with Gasteiger partial charge in [0.25, 0.3) is 0 Å². The molecule has 2 heterocycles. The summed E-state index contributed by atoms with van der Waals surface area (Å²) in [7, 11) is 3.22. The first kappa shape index (κ1) is 23.6. The number of benzene rings is 2. The molecule has 0 aliphatic carbocycles. The van der Waals surface area contributed by atoms with Crippen LogP contribution in [0.2, 0.25) is 0 Å². The lowest BCUT2D eigenvalue weighted by molar-refractivity contribution is -0.122. The number of likely N-dealkylation sites (N-methyl/N-ethyl adjacent to an activating group) is 1. The lowest BCUT2D eigenvalue weighted by Gasteiger charge is -2.31. The largest absolute Gasteiger partial charge is 0.493 e. The molecule has 0 atom stereocenters. The summed E-state index contributed by atoms with van der Waals surface area (Å²) in [5.74, 6) is 1.53. The molecule has 9 heteroatoms. The third-order valence-electron chi connectivity index (χ3n) is 5.99. The second kappa shape index (κ2) is 10.6. The second-order valence-electron chi connectivity index (χ2n) is 8.32. The van der Waals surface area contributed by atoms with Gasteiger partial charge in [0.05, 0.1) is 25.8 Å². The van der Waals surface area contributed by atoms with E-state index >= 15 is 0 Å². The van der Waals surface area contributed by atoms with Crippen molar-refractivity contribution < 1.29 is 23.4 Å². The summed E-state index contributed by atoms with van der Waals surface area (Å²) >= 11 is 0. The molecule has 0 radical (unpaired) electrons. The summed E-state index contributed by atoms with van der Waals surface area (Å²) in [6, 6.07) is 9.55. The number of nitrogens with one attached hydrogen (secondary N) is 1. The van der Waals surface area contributed by atoms with Gasteiger partial charge in [-0.3, -0.25) is 14.7 Å². The molecule has 1 amide bonds. The molecule has 0 unspecified atom stereocenters. The SMILES string of the molecule is CNC(=O)CN1CCC(COc2cc3nccc(Oc4ccc(N)cc4F)c3cc2OC)CC1. The fourth-order valence-corrected chi connectivity index (χ4v) is 4.01. The molecule has 0 bridgehead atoms. The van der Waals surface area contributed by atoms with Gasteiger partial charge in [-0.25, -0.2) is 4.39 Å². The van der Waals surface area contributed by atoms with E-state index in [1.165, 1.54) is 12.1 Å². The number of halogens is 1. The van der Waals surface area contributed by atoms with Crippen LogP contribution < -0.4 is 25.3 Å². The van der Waals surface area contributed by atoms with Crippen molar-refractivity contribution in [3.05, 3.63) is 48.4 Å². The number of anilines is 1. The van der Waals surface area contributed by atoms with Gasteiger partial charge >= 0.3 is 0 Å². The van der Waals surface area contributed by atoms with E-state index in [2.05, 4.69) is 15.2 Å². The van der Waals surface area contributed by atoms with E-state index in [-0.39, 0.29) is 11.7 Å². The molecular formula is C25H29FN4O4. The van der Waals surface area contributed by atoms with Crippen LogP contribution in [0.1, 0.15) is 12.8 Å². The summed E-state index contributed by atoms with van der Waals surface area (Å²) in [6.45, 7) is 2.70. The van der Waals surface area contributed by atoms with E-state index in [0.29, 0.717) is 52.9 Å². The van der Waals surface area contributed by atoms with Crippen LogP contribution >= 0.6 is 0 Å². The Morgan fingerprint density at radius 2 is 1.94 bits per heavy atom. The molecule has 1 aliphatic heterocycles. The molecule has 3 aromatic rings. The molecule has 1 aliphatic rings. The van der Waals surface area contributed by atoms with Gasteiger partial charge < -0.3 is 25.3 Å². The molecular weight excluding hydrogens is 439 g/mol. The Bertz CT molecular complexity index is 1170. The number of piperidine rings is 1. The number of fused-ring (bicyclic) bond motifs is 1. The number of methoxy groups -OCH3 is 1. The Morgan fingerprint density at radius 3 is 2.65 bits per heavy atom. The number of pyridine rings is 1. The first-order chi connectivity index (χ1) is 16.5. The summed E-state index contributed by atoms with van der Waals surface area (Å²) in [5, 5.41) is 3.33. The van der Waals surface area contributed by atoms with Gasteiger partial charge in [-0.05, 0) is 56.1 Å². The van der Waals surface area contributed by atoms with Crippen LogP contribution in [0.5, 0.6) is 23.0 Å². The van der Waals surface area contributed by atoms with Crippen molar-refractivity contribution in [2.24, 2.45) is 5.92 Å². The maximum atomic E-state index is 14.2. The molecule has 34 heavy (non-hydrogen) atoms. The number of nitrogens with zero attached hydrogens (tertiary/aromatic N) is 2. The summed E-state index contributed by atoms with van der Waals surface area (Å²) < 4.78 is 31.7. The lowest BCUT2D eigenvalue weighted by atomic mass is 9.98. The Morgan fingerprint density at radius 1 is 1.15 bits per heavy atom. The zero-order valence-corrected chi connectivity index (χ0v) is 19.3. The highest BCUT2D eigenvalue weighted by Gasteiger charge is 2.22. The second-order valence-corrected chi connectivity index (χ2v) is 8.32. The molecule has 4 rings (SSSR count). The van der Waals surface area contributed by atoms with E-state index in [1.807, 2.05) is 0 Å². The minimum atomic E-state index is -0.543. The van der Waals surface area contributed by atoms with Crippen LogP contribution in [0.15, 0.2) is 42.6 Å². The van der Waals surface area contributed by atoms with Gasteiger partial charge in [0.2, 0.25) is 5.91 Å². The molecule has 3 N–H and O–H groups in total. The predicted octanol–water partition coefficient (Wildman–Crippen LogP) is 3.59. The summed E-state index contributed by atoms with van der Waals surface area (Å²) in [5.41, 5.74) is 6.59. The van der Waals surface area contributed by atoms with Crippen molar-refractivity contribution in [1.29, 1.82) is 0 Å². The molecule has 8 nitrogen and oxygen atoms in total. The van der Waals surface area contributed by atoms with Crippen molar-refractivity contribution in [2.45, 2.75) is 12.8 Å². The van der Waals surface area contributed by atoms with Crippen molar-refractivity contribution in [3.8, 4) is 23.0 Å². The number of amides is 1. The van der Waals surface area contributed by atoms with Crippen molar-refractivity contribution in [2.75, 3.05) is 46.1 Å². The number of likely N-dealkylation sites (tertiary alicyclic amines) is 1. The van der Waals surface area contributed by atoms with Gasteiger partial charge in [0.15, 0.2) is 23.1 Å². The number of ether oxygens (including phenoxy) is 3. The quantitative estimate of drug-likeness (QED) is 0.488. The standard InChI is InChI=1S/C25H29FN4O4/c1-28-25(31)14-30-9-6-16(7-10-30)15-33-24-13-20-18(12-23(24)32-2)21(5-8-29-20)34-22-4-3-17(27)11-19(22)26/h3-5,8,11-13,16H,6-7,9-10,14-15,27H2,1-2H3,(H,28,31). The Balaban J connectivity index is 1.46. The summed E-state index contributed by atoms with van der Waals surface area (Å²) in [4.78, 5) is 18.2. The number of nitrogens with two attached hydrogens (primary N) is 1. The lowest BCUT2D eigenvalue weighted by Crippen LogP contribution is -2.41. The van der Waals surface area contributed by atoms with Gasteiger partial charge in [0.1, 0.15) is 5.75 Å². The first-order valence-electron chi connectivity index (χ1n) is 11.2. The molecule has 0 spiro atoms. The highest BCUT2D eigenvalue weighted by Crippen LogP contribution is 2.38. The van der Waals surface area contributed by atoms with Gasteiger partial charge in [-0.1, -0.05) is 0 Å². The maximum Gasteiger partial charge on any atom is 0.233 e. The van der Waals surface area contributed by atoms with Crippen LogP contribution in [-0.2, 0) is 4.79 Å². The molecule has 0 saturated carbocycles. The Labute approximate surface area is 197 Å². The normalized spacial score (nSPS) is 14.7. The average Bonchev–Trinajstić information content (AvgIpc) is 2.84. The zero-order valence-electron chi connectivity index (χ0n) is 19.3. The molecule has 1 saturated heterocycles. The minimum absolute atomic E-state index is 0.0329. The number of hydrogen-bond donors (Lipinski definition) is 2. The van der Waals surface area contributed by atoms with Crippen LogP contribution in [-0.4, -0.2) is 56.2 Å². The van der Waals surface area contributed by atoms with Crippen LogP contribution in [0, 0.1) is 11.7 Å². The number of carbonyl (C=O) groups is 1. The van der Waals surface area contributed by atoms with Crippen LogP contribution in [0.3, 0.4) is 0 Å². The van der Waals surface area contributed by atoms with Crippen molar-refractivity contribution in [1.82, 2.24) is 15.2 Å². The molecule has 180 valence electrons. The highest BCUT2D eigenvalue weighted by molar-refractivity contribution is 5.88. The number of rotatable bonds is 8. The van der Waals surface area contributed by atoms with Crippen molar-refractivity contribution >= 4 is 22.5 Å². The number of nitrogen functional groups attached to an aromatic ring is 1. The van der Waals surface area contributed by atoms with Gasteiger partial charge in [-0.15, -0.1) is 0 Å². The monoisotopic (exact) mass is 468 g/mol. The fraction of sp³-hybridized carbons (Fsp3) is 0.360. The number of hydrogen-bond acceptors (Lipinski definition) is 7. The number of aromatic nitrogens is 1. The maximum absolute atomic E-state index is 14.2. The van der Waals surface area contributed by atoms with Gasteiger partial charge in [-0.2, -0.15) is 0 Å². The number of carbonyl (C=O) groups excluding carboxylic acids is 1. The average molecular weight is 469 g/mol. The van der Waals surface area contributed by atoms with E-state index in [1.54, 1.807) is 44.6 Å². The summed E-state index contributed by atoms with van der Waals surface area (Å²) in [6.07, 6.45) is 3.51. The van der Waals surface area contributed by atoms with E-state index < -0.39 is 5.82 Å². The Kier molecular flexibility index (Phi) is 7.32. The zero-order chi connectivity index (χ0) is 24.1. The topological polar surface area (TPSA) is 98.9 Å². The first-order valence-corrected chi connectivity index (χ1v) is 11.2.